The predicted octanol–water partition coefficient (Wildman–Crippen LogP) is 3.72. The minimum Gasteiger partial charge on any atom is -0.496 e. The van der Waals surface area contributed by atoms with Crippen LogP contribution >= 0.6 is 22.9 Å². The molecule has 0 saturated carbocycles. The fourth-order valence-electron chi connectivity index (χ4n) is 2.17. The maximum atomic E-state index is 12.3. The monoisotopic (exact) mass is 336 g/mol. The summed E-state index contributed by atoms with van der Waals surface area (Å²) in [5.74, 6) is 0.165. The van der Waals surface area contributed by atoms with Crippen molar-refractivity contribution < 1.29 is 14.3 Å². The molecule has 7 heteroatoms. The van der Waals surface area contributed by atoms with E-state index in [0.717, 1.165) is 11.1 Å². The number of aryl methyl sites for hydroxylation is 1. The zero-order chi connectivity index (χ0) is 15.7. The molecule has 0 amide bonds. The van der Waals surface area contributed by atoms with Crippen molar-refractivity contribution in [2.45, 2.75) is 13.5 Å². The lowest BCUT2D eigenvalue weighted by atomic mass is 10.1. The Balaban J connectivity index is 1.82. The standard InChI is InChI=1S/C15H13ClN2O3S/c1-9-3-4-11(20-2)10(7-9)8-21-14(19)12-13(16)17-15-18(12)5-6-22-15/h3-7H,8H2,1-2H3. The molecule has 2 aromatic heterocycles. The van der Waals surface area contributed by atoms with E-state index in [2.05, 4.69) is 4.98 Å². The SMILES string of the molecule is COc1ccc(C)cc1COC(=O)c1c(Cl)nc2sccn12. The normalized spacial score (nSPS) is 10.9. The Kier molecular flexibility index (Phi) is 4.04. The van der Waals surface area contributed by atoms with E-state index in [1.807, 2.05) is 30.5 Å². The third kappa shape index (κ3) is 2.67. The van der Waals surface area contributed by atoms with Crippen LogP contribution in [0.15, 0.2) is 29.8 Å². The van der Waals surface area contributed by atoms with E-state index in [1.54, 1.807) is 17.7 Å². The number of fused-ring (bicyclic) bond motifs is 1. The molecule has 1 aromatic carbocycles. The maximum Gasteiger partial charge on any atom is 0.358 e. The number of halogens is 1. The van der Waals surface area contributed by atoms with E-state index < -0.39 is 5.97 Å². The van der Waals surface area contributed by atoms with E-state index in [9.17, 15) is 4.79 Å². The van der Waals surface area contributed by atoms with Crippen molar-refractivity contribution in [2.24, 2.45) is 0 Å². The fourth-order valence-corrected chi connectivity index (χ4v) is 3.19. The molecular formula is C15H13ClN2O3S. The first-order valence-corrected chi connectivity index (χ1v) is 7.77. The van der Waals surface area contributed by atoms with Gasteiger partial charge in [-0.05, 0) is 19.1 Å². The Morgan fingerprint density at radius 1 is 1.45 bits per heavy atom. The highest BCUT2D eigenvalue weighted by Gasteiger charge is 2.20. The first kappa shape index (κ1) is 14.9. The lowest BCUT2D eigenvalue weighted by molar-refractivity contribution is 0.0462. The highest BCUT2D eigenvalue weighted by molar-refractivity contribution is 7.15. The number of methoxy groups -OCH3 is 1. The summed E-state index contributed by atoms with van der Waals surface area (Å²) in [6.07, 6.45) is 1.74. The van der Waals surface area contributed by atoms with Crippen molar-refractivity contribution >= 4 is 33.9 Å². The smallest absolute Gasteiger partial charge is 0.358 e. The molecule has 0 unspecified atom stereocenters. The van der Waals surface area contributed by atoms with Crippen molar-refractivity contribution in [2.75, 3.05) is 7.11 Å². The van der Waals surface area contributed by atoms with Gasteiger partial charge in [0.25, 0.3) is 0 Å². The molecule has 3 rings (SSSR count). The molecule has 0 bridgehead atoms. The van der Waals surface area contributed by atoms with Crippen molar-refractivity contribution in [1.82, 2.24) is 9.38 Å². The molecule has 5 nitrogen and oxygen atoms in total. The summed E-state index contributed by atoms with van der Waals surface area (Å²) in [5.41, 5.74) is 2.11. The van der Waals surface area contributed by atoms with Crippen LogP contribution in [0.3, 0.4) is 0 Å². The molecule has 22 heavy (non-hydrogen) atoms. The minimum atomic E-state index is -0.514. The van der Waals surface area contributed by atoms with Crippen LogP contribution in [0.4, 0.5) is 0 Å². The number of imidazole rings is 1. The fraction of sp³-hybridized carbons (Fsp3) is 0.200. The van der Waals surface area contributed by atoms with Gasteiger partial charge in [-0.1, -0.05) is 23.2 Å². The Bertz CT molecular complexity index is 841. The molecule has 0 atom stereocenters. The van der Waals surface area contributed by atoms with Crippen LogP contribution in [-0.2, 0) is 11.3 Å². The molecule has 0 fully saturated rings. The minimum absolute atomic E-state index is 0.109. The number of thiazole rings is 1. The number of benzene rings is 1. The summed E-state index contributed by atoms with van der Waals surface area (Å²) < 4.78 is 12.3. The van der Waals surface area contributed by atoms with Crippen LogP contribution in [0.1, 0.15) is 21.6 Å². The van der Waals surface area contributed by atoms with Crippen LogP contribution in [0, 0.1) is 6.92 Å². The average Bonchev–Trinajstić information content (AvgIpc) is 3.04. The van der Waals surface area contributed by atoms with Gasteiger partial charge in [0, 0.05) is 17.1 Å². The van der Waals surface area contributed by atoms with Gasteiger partial charge in [0.1, 0.15) is 12.4 Å². The van der Waals surface area contributed by atoms with Crippen molar-refractivity contribution in [3.05, 3.63) is 51.7 Å². The van der Waals surface area contributed by atoms with Gasteiger partial charge in [-0.25, -0.2) is 9.78 Å². The van der Waals surface area contributed by atoms with Crippen LogP contribution in [-0.4, -0.2) is 22.5 Å². The second-order valence-electron chi connectivity index (χ2n) is 4.70. The highest BCUT2D eigenvalue weighted by atomic mass is 35.5. The van der Waals surface area contributed by atoms with Crippen LogP contribution < -0.4 is 4.74 Å². The average molecular weight is 337 g/mol. The summed E-state index contributed by atoms with van der Waals surface area (Å²) in [6.45, 7) is 2.07. The second-order valence-corrected chi connectivity index (χ2v) is 5.93. The third-order valence-corrected chi connectivity index (χ3v) is 4.23. The first-order chi connectivity index (χ1) is 10.6. The van der Waals surface area contributed by atoms with Gasteiger partial charge in [0.05, 0.1) is 7.11 Å². The van der Waals surface area contributed by atoms with E-state index in [-0.39, 0.29) is 17.5 Å². The molecule has 0 aliphatic carbocycles. The summed E-state index contributed by atoms with van der Waals surface area (Å²) >= 11 is 7.42. The van der Waals surface area contributed by atoms with Gasteiger partial charge >= 0.3 is 5.97 Å². The number of rotatable bonds is 4. The topological polar surface area (TPSA) is 52.8 Å². The lowest BCUT2D eigenvalue weighted by Crippen LogP contribution is -2.09. The molecule has 2 heterocycles. The zero-order valence-electron chi connectivity index (χ0n) is 12.0. The summed E-state index contributed by atoms with van der Waals surface area (Å²) in [5, 5.41) is 1.98. The number of ether oxygens (including phenoxy) is 2. The Hall–Kier alpha value is -2.05. The van der Waals surface area contributed by atoms with Gasteiger partial charge in [0.2, 0.25) is 0 Å². The van der Waals surface area contributed by atoms with E-state index in [4.69, 9.17) is 21.1 Å². The lowest BCUT2D eigenvalue weighted by Gasteiger charge is -2.10. The Morgan fingerprint density at radius 2 is 2.27 bits per heavy atom. The van der Waals surface area contributed by atoms with Crippen LogP contribution in [0.5, 0.6) is 5.75 Å². The number of carbonyl (C=O) groups is 1. The van der Waals surface area contributed by atoms with E-state index >= 15 is 0 Å². The van der Waals surface area contributed by atoms with Crippen molar-refractivity contribution in [3.63, 3.8) is 0 Å². The van der Waals surface area contributed by atoms with Crippen molar-refractivity contribution in [1.29, 1.82) is 0 Å². The maximum absolute atomic E-state index is 12.3. The van der Waals surface area contributed by atoms with E-state index in [0.29, 0.717) is 10.7 Å². The summed E-state index contributed by atoms with van der Waals surface area (Å²) in [6, 6.07) is 5.71. The summed E-state index contributed by atoms with van der Waals surface area (Å²) in [7, 11) is 1.58. The quantitative estimate of drug-likeness (QED) is 0.681. The molecule has 0 aliphatic heterocycles. The Labute approximate surface area is 136 Å². The van der Waals surface area contributed by atoms with Gasteiger partial charge in [-0.3, -0.25) is 4.40 Å². The molecule has 0 N–H and O–H groups in total. The number of carbonyl (C=O) groups excluding carboxylic acids is 1. The Morgan fingerprint density at radius 3 is 3.05 bits per heavy atom. The second kappa shape index (κ2) is 5.98. The first-order valence-electron chi connectivity index (χ1n) is 6.52. The van der Waals surface area contributed by atoms with Gasteiger partial charge < -0.3 is 9.47 Å². The van der Waals surface area contributed by atoms with Crippen molar-refractivity contribution in [3.8, 4) is 5.75 Å². The molecule has 0 radical (unpaired) electrons. The zero-order valence-corrected chi connectivity index (χ0v) is 13.6. The van der Waals surface area contributed by atoms with Gasteiger partial charge in [0.15, 0.2) is 15.8 Å². The molecule has 114 valence electrons. The number of hydrogen-bond donors (Lipinski definition) is 0. The predicted molar refractivity (Wildman–Crippen MR) is 84.9 cm³/mol. The van der Waals surface area contributed by atoms with Gasteiger partial charge in [-0.15, -0.1) is 11.3 Å². The van der Waals surface area contributed by atoms with Crippen LogP contribution in [0.2, 0.25) is 5.15 Å². The third-order valence-electron chi connectivity index (χ3n) is 3.21. The number of hydrogen-bond acceptors (Lipinski definition) is 5. The molecule has 3 aromatic rings. The largest absolute Gasteiger partial charge is 0.496 e. The molecule has 0 aliphatic rings. The molecular weight excluding hydrogens is 324 g/mol. The van der Waals surface area contributed by atoms with E-state index in [1.165, 1.54) is 11.3 Å². The number of esters is 1. The number of nitrogens with zero attached hydrogens (tertiary/aromatic N) is 2. The van der Waals surface area contributed by atoms with Crippen LogP contribution in [0.25, 0.3) is 4.96 Å². The van der Waals surface area contributed by atoms with Gasteiger partial charge in [-0.2, -0.15) is 0 Å². The molecule has 0 saturated heterocycles. The summed E-state index contributed by atoms with van der Waals surface area (Å²) in [4.78, 5) is 17.1. The number of aromatic nitrogens is 2. The highest BCUT2D eigenvalue weighted by Crippen LogP contribution is 2.24. The molecule has 0 spiro atoms.